The van der Waals surface area contributed by atoms with Gasteiger partial charge in [0, 0.05) is 24.4 Å². The van der Waals surface area contributed by atoms with Gasteiger partial charge in [0.1, 0.15) is 0 Å². The minimum atomic E-state index is -4.82. The molecule has 1 saturated heterocycles. The van der Waals surface area contributed by atoms with Gasteiger partial charge in [-0.05, 0) is 41.8 Å². The molecule has 11 heteroatoms. The summed E-state index contributed by atoms with van der Waals surface area (Å²) in [5.41, 5.74) is 3.55. The summed E-state index contributed by atoms with van der Waals surface area (Å²) in [6, 6.07) is 15.5. The number of nitrogens with two attached hydrogens (primary N) is 1. The quantitative estimate of drug-likeness (QED) is 0.288. The number of amides is 2. The summed E-state index contributed by atoms with van der Waals surface area (Å²) in [6.45, 7) is -0.452. The SMILES string of the molecule is NC(=O)C1CN(c2ccccc2C(F)(F)F)C(c2ccccc2C(F)(F)F)CC1NC(=O)C=Cc1ccccc1. The molecule has 0 aromatic heterocycles. The van der Waals surface area contributed by atoms with E-state index in [1.807, 2.05) is 0 Å². The first-order chi connectivity index (χ1) is 18.9. The van der Waals surface area contributed by atoms with Gasteiger partial charge in [0.05, 0.1) is 23.1 Å². The molecule has 1 heterocycles. The molecule has 210 valence electrons. The van der Waals surface area contributed by atoms with Crippen LogP contribution in [0.2, 0.25) is 0 Å². The Morgan fingerprint density at radius 2 is 1.40 bits per heavy atom. The molecular weight excluding hydrogens is 536 g/mol. The summed E-state index contributed by atoms with van der Waals surface area (Å²) >= 11 is 0. The number of piperidine rings is 1. The predicted octanol–water partition coefficient (Wildman–Crippen LogP) is 5.98. The molecule has 1 aliphatic rings. The Hall–Kier alpha value is -4.28. The number of nitrogens with one attached hydrogen (secondary N) is 1. The number of carbonyl (C=O) groups excluding carboxylic acids is 2. The molecule has 0 bridgehead atoms. The number of alkyl halides is 6. The maximum Gasteiger partial charge on any atom is 0.418 e. The molecule has 5 nitrogen and oxygen atoms in total. The summed E-state index contributed by atoms with van der Waals surface area (Å²) < 4.78 is 84.0. The molecule has 0 spiro atoms. The minimum Gasteiger partial charge on any atom is -0.369 e. The lowest BCUT2D eigenvalue weighted by Crippen LogP contribution is -2.56. The van der Waals surface area contributed by atoms with Crippen LogP contribution in [0.4, 0.5) is 32.0 Å². The van der Waals surface area contributed by atoms with Gasteiger partial charge in [-0.2, -0.15) is 26.3 Å². The van der Waals surface area contributed by atoms with Crippen molar-refractivity contribution < 1.29 is 35.9 Å². The number of rotatable bonds is 6. The third kappa shape index (κ3) is 6.47. The summed E-state index contributed by atoms with van der Waals surface area (Å²) in [5.74, 6) is -2.73. The fourth-order valence-corrected chi connectivity index (χ4v) is 4.98. The molecule has 3 aromatic rings. The van der Waals surface area contributed by atoms with E-state index in [4.69, 9.17) is 5.73 Å². The maximum atomic E-state index is 14.0. The Bertz CT molecular complexity index is 1390. The normalized spacial score (nSPS) is 19.9. The number of benzene rings is 3. The first-order valence-electron chi connectivity index (χ1n) is 12.3. The van der Waals surface area contributed by atoms with Gasteiger partial charge in [-0.3, -0.25) is 9.59 Å². The number of primary amides is 1. The highest BCUT2D eigenvalue weighted by Crippen LogP contribution is 2.46. The van der Waals surface area contributed by atoms with Gasteiger partial charge in [-0.15, -0.1) is 0 Å². The topological polar surface area (TPSA) is 75.4 Å². The highest BCUT2D eigenvalue weighted by Gasteiger charge is 2.45. The number of anilines is 1. The van der Waals surface area contributed by atoms with E-state index in [0.717, 1.165) is 23.1 Å². The predicted molar refractivity (Wildman–Crippen MR) is 138 cm³/mol. The van der Waals surface area contributed by atoms with Crippen molar-refractivity contribution in [3.05, 3.63) is 107 Å². The maximum absolute atomic E-state index is 14.0. The third-order valence-electron chi connectivity index (χ3n) is 6.80. The van der Waals surface area contributed by atoms with Crippen LogP contribution in [0.3, 0.4) is 0 Å². The molecule has 2 amide bonds. The Balaban J connectivity index is 1.77. The molecule has 3 aromatic carbocycles. The molecule has 1 aliphatic heterocycles. The number of para-hydroxylation sites is 1. The Morgan fingerprint density at radius 3 is 2.02 bits per heavy atom. The van der Waals surface area contributed by atoms with E-state index in [1.54, 1.807) is 30.3 Å². The van der Waals surface area contributed by atoms with Gasteiger partial charge < -0.3 is 16.0 Å². The van der Waals surface area contributed by atoms with E-state index >= 15 is 0 Å². The van der Waals surface area contributed by atoms with E-state index in [0.29, 0.717) is 5.56 Å². The molecule has 4 rings (SSSR count). The second-order valence-corrected chi connectivity index (χ2v) is 9.37. The van der Waals surface area contributed by atoms with E-state index in [2.05, 4.69) is 5.32 Å². The molecular formula is C29H25F6N3O2. The van der Waals surface area contributed by atoms with Crippen LogP contribution in [-0.2, 0) is 21.9 Å². The van der Waals surface area contributed by atoms with Crippen molar-refractivity contribution in [2.75, 3.05) is 11.4 Å². The zero-order valence-corrected chi connectivity index (χ0v) is 20.9. The summed E-state index contributed by atoms with van der Waals surface area (Å²) in [4.78, 5) is 26.4. The zero-order chi connectivity index (χ0) is 29.1. The van der Waals surface area contributed by atoms with E-state index in [1.165, 1.54) is 42.5 Å². The number of halogens is 6. The van der Waals surface area contributed by atoms with Crippen molar-refractivity contribution in [2.45, 2.75) is 30.9 Å². The van der Waals surface area contributed by atoms with Crippen LogP contribution in [0.25, 0.3) is 6.08 Å². The Kier molecular flexibility index (Phi) is 8.22. The highest BCUT2D eigenvalue weighted by molar-refractivity contribution is 5.92. The van der Waals surface area contributed by atoms with Crippen LogP contribution in [0.5, 0.6) is 0 Å². The van der Waals surface area contributed by atoms with Gasteiger partial charge in [0.15, 0.2) is 0 Å². The fourth-order valence-electron chi connectivity index (χ4n) is 4.98. The summed E-state index contributed by atoms with van der Waals surface area (Å²) in [6.07, 6.45) is -7.21. The molecule has 3 unspecified atom stereocenters. The second kappa shape index (κ2) is 11.4. The van der Waals surface area contributed by atoms with E-state index in [-0.39, 0.29) is 12.0 Å². The Labute approximate surface area is 226 Å². The molecule has 40 heavy (non-hydrogen) atoms. The van der Waals surface area contributed by atoms with Crippen LogP contribution >= 0.6 is 0 Å². The van der Waals surface area contributed by atoms with Crippen molar-refractivity contribution >= 4 is 23.6 Å². The van der Waals surface area contributed by atoms with Gasteiger partial charge in [-0.1, -0.05) is 60.7 Å². The van der Waals surface area contributed by atoms with Crippen LogP contribution in [0, 0.1) is 5.92 Å². The Morgan fingerprint density at radius 1 is 0.825 bits per heavy atom. The lowest BCUT2D eigenvalue weighted by Gasteiger charge is -2.46. The van der Waals surface area contributed by atoms with Gasteiger partial charge in [0.2, 0.25) is 11.8 Å². The molecule has 3 N–H and O–H groups in total. The van der Waals surface area contributed by atoms with E-state index < -0.39 is 65.5 Å². The average molecular weight is 562 g/mol. The average Bonchev–Trinajstić information content (AvgIpc) is 2.91. The molecule has 0 saturated carbocycles. The summed E-state index contributed by atoms with van der Waals surface area (Å²) in [5, 5.41) is 2.64. The number of hydrogen-bond donors (Lipinski definition) is 2. The molecule has 3 atom stereocenters. The minimum absolute atomic E-state index is 0.283. The number of hydrogen-bond acceptors (Lipinski definition) is 3. The van der Waals surface area contributed by atoms with Crippen LogP contribution in [-0.4, -0.2) is 24.4 Å². The van der Waals surface area contributed by atoms with Gasteiger partial charge in [-0.25, -0.2) is 0 Å². The van der Waals surface area contributed by atoms with Crippen molar-refractivity contribution in [1.82, 2.24) is 5.32 Å². The fraction of sp³-hybridized carbons (Fsp3) is 0.241. The van der Waals surface area contributed by atoms with Gasteiger partial charge in [0.25, 0.3) is 0 Å². The van der Waals surface area contributed by atoms with Crippen molar-refractivity contribution in [3.63, 3.8) is 0 Å². The molecule has 0 aliphatic carbocycles. The van der Waals surface area contributed by atoms with Crippen molar-refractivity contribution in [1.29, 1.82) is 0 Å². The van der Waals surface area contributed by atoms with Crippen LogP contribution in [0.1, 0.15) is 34.7 Å². The van der Waals surface area contributed by atoms with Crippen LogP contribution < -0.4 is 16.0 Å². The summed E-state index contributed by atoms with van der Waals surface area (Å²) in [7, 11) is 0. The lowest BCUT2D eigenvalue weighted by atomic mass is 9.82. The third-order valence-corrected chi connectivity index (χ3v) is 6.80. The van der Waals surface area contributed by atoms with Crippen LogP contribution in [0.15, 0.2) is 84.9 Å². The lowest BCUT2D eigenvalue weighted by molar-refractivity contribution is -0.139. The standard InChI is InChI=1S/C29H25F6N3O2/c30-28(31,32)21-11-5-4-10-19(21)25-16-23(37-26(39)15-14-18-8-2-1-3-9-18)20(27(36)40)17-38(25)24-13-7-6-12-22(24)29(33,34)35/h1-15,20,23,25H,16-17H2,(H2,36,40)(H,37,39). The van der Waals surface area contributed by atoms with Crippen molar-refractivity contribution in [3.8, 4) is 0 Å². The number of carbonyl (C=O) groups is 2. The van der Waals surface area contributed by atoms with E-state index in [9.17, 15) is 35.9 Å². The zero-order valence-electron chi connectivity index (χ0n) is 20.9. The first-order valence-corrected chi connectivity index (χ1v) is 12.3. The molecule has 1 fully saturated rings. The van der Waals surface area contributed by atoms with Crippen molar-refractivity contribution in [2.24, 2.45) is 11.7 Å². The monoisotopic (exact) mass is 561 g/mol. The number of nitrogens with zero attached hydrogens (tertiary/aromatic N) is 1. The highest BCUT2D eigenvalue weighted by atomic mass is 19.4. The van der Waals surface area contributed by atoms with Gasteiger partial charge >= 0.3 is 12.4 Å². The smallest absolute Gasteiger partial charge is 0.369 e. The molecule has 0 radical (unpaired) electrons. The second-order valence-electron chi connectivity index (χ2n) is 9.37. The largest absolute Gasteiger partial charge is 0.418 e. The first kappa shape index (κ1) is 28.7.